The number of nitrogens with zero attached hydrogens (tertiary/aromatic N) is 5. The fraction of sp³-hybridized carbons (Fsp3) is 0. The van der Waals surface area contributed by atoms with Crippen LogP contribution in [0.4, 0.5) is 5.69 Å². The van der Waals surface area contributed by atoms with Gasteiger partial charge in [-0.2, -0.15) is 9.61 Å². The van der Waals surface area contributed by atoms with Gasteiger partial charge < -0.3 is 5.32 Å². The van der Waals surface area contributed by atoms with Crippen molar-refractivity contribution in [2.45, 2.75) is 0 Å². The Morgan fingerprint density at radius 1 is 0.765 bits per heavy atom. The predicted molar refractivity (Wildman–Crippen MR) is 131 cm³/mol. The highest BCUT2D eigenvalue weighted by molar-refractivity contribution is 6.12. The van der Waals surface area contributed by atoms with Crippen LogP contribution in [0.3, 0.4) is 0 Å². The lowest BCUT2D eigenvalue weighted by molar-refractivity contribution is 0.102. The van der Waals surface area contributed by atoms with Crippen molar-refractivity contribution < 1.29 is 4.79 Å². The molecule has 0 radical (unpaired) electrons. The number of anilines is 1. The SMILES string of the molecule is O=C(Nc1ccc(-c2ccc3nnc(-c4cccnc4)n3n2)cc1)c1cccc2ccccc12. The summed E-state index contributed by atoms with van der Waals surface area (Å²) in [4.78, 5) is 17.1. The molecule has 3 aromatic heterocycles. The maximum absolute atomic E-state index is 12.9. The van der Waals surface area contributed by atoms with Gasteiger partial charge in [0.15, 0.2) is 11.5 Å². The van der Waals surface area contributed by atoms with Gasteiger partial charge in [-0.3, -0.25) is 9.78 Å². The van der Waals surface area contributed by atoms with Gasteiger partial charge in [0.1, 0.15) is 0 Å². The van der Waals surface area contributed by atoms with E-state index in [-0.39, 0.29) is 5.91 Å². The molecule has 0 atom stereocenters. The standard InChI is InChI=1S/C27H18N6O/c34-27(23-9-3-6-18-5-1-2-8-22(18)23)29-21-12-10-19(11-13-21)24-14-15-25-30-31-26(33(25)32-24)20-7-4-16-28-17-20/h1-17H,(H,29,34). The predicted octanol–water partition coefficient (Wildman–Crippen LogP) is 5.26. The van der Waals surface area contributed by atoms with Crippen molar-refractivity contribution in [3.8, 4) is 22.6 Å². The maximum atomic E-state index is 12.9. The molecule has 0 saturated carbocycles. The van der Waals surface area contributed by atoms with E-state index >= 15 is 0 Å². The van der Waals surface area contributed by atoms with Gasteiger partial charge in [0.2, 0.25) is 0 Å². The number of amides is 1. The highest BCUT2D eigenvalue weighted by Crippen LogP contribution is 2.24. The van der Waals surface area contributed by atoms with E-state index in [2.05, 4.69) is 20.5 Å². The van der Waals surface area contributed by atoms with E-state index < -0.39 is 0 Å². The molecular formula is C27H18N6O. The first-order valence-corrected chi connectivity index (χ1v) is 10.8. The summed E-state index contributed by atoms with van der Waals surface area (Å²) in [6.07, 6.45) is 3.45. The van der Waals surface area contributed by atoms with Crippen molar-refractivity contribution in [3.63, 3.8) is 0 Å². The van der Waals surface area contributed by atoms with Crippen LogP contribution >= 0.6 is 0 Å². The van der Waals surface area contributed by atoms with Gasteiger partial charge >= 0.3 is 0 Å². The number of fused-ring (bicyclic) bond motifs is 2. The van der Waals surface area contributed by atoms with E-state index in [1.807, 2.05) is 91.0 Å². The molecule has 7 nitrogen and oxygen atoms in total. The molecular weight excluding hydrogens is 424 g/mol. The molecule has 3 aromatic carbocycles. The molecule has 0 spiro atoms. The van der Waals surface area contributed by atoms with Crippen molar-refractivity contribution in [3.05, 3.63) is 109 Å². The number of nitrogens with one attached hydrogen (secondary N) is 1. The fourth-order valence-electron chi connectivity index (χ4n) is 3.96. The average molecular weight is 442 g/mol. The van der Waals surface area contributed by atoms with Gasteiger partial charge in [-0.1, -0.05) is 48.5 Å². The second-order valence-electron chi connectivity index (χ2n) is 7.81. The first-order valence-electron chi connectivity index (χ1n) is 10.8. The Hall–Kier alpha value is -4.91. The van der Waals surface area contributed by atoms with Crippen LogP contribution in [0.1, 0.15) is 10.4 Å². The summed E-state index contributed by atoms with van der Waals surface area (Å²) in [6.45, 7) is 0. The molecule has 34 heavy (non-hydrogen) atoms. The third-order valence-electron chi connectivity index (χ3n) is 5.66. The van der Waals surface area contributed by atoms with Crippen molar-refractivity contribution >= 4 is 28.0 Å². The summed E-state index contributed by atoms with van der Waals surface area (Å²) in [5.41, 5.74) is 4.53. The minimum absolute atomic E-state index is 0.144. The number of hydrogen-bond donors (Lipinski definition) is 1. The summed E-state index contributed by atoms with van der Waals surface area (Å²) in [5, 5.41) is 18.1. The van der Waals surface area contributed by atoms with Crippen molar-refractivity contribution in [1.29, 1.82) is 0 Å². The second kappa shape index (κ2) is 8.22. The normalized spacial score (nSPS) is 11.1. The molecule has 0 fully saturated rings. The molecule has 6 rings (SSSR count). The second-order valence-corrected chi connectivity index (χ2v) is 7.81. The third-order valence-corrected chi connectivity index (χ3v) is 5.66. The van der Waals surface area contributed by atoms with Crippen LogP contribution in [0.15, 0.2) is 103 Å². The van der Waals surface area contributed by atoms with E-state index in [0.717, 1.165) is 27.6 Å². The van der Waals surface area contributed by atoms with Gasteiger partial charge in [0, 0.05) is 34.8 Å². The monoisotopic (exact) mass is 442 g/mol. The number of carbonyl (C=O) groups excluding carboxylic acids is 1. The molecule has 0 aliphatic heterocycles. The summed E-state index contributed by atoms with van der Waals surface area (Å²) in [7, 11) is 0. The third kappa shape index (κ3) is 3.55. The van der Waals surface area contributed by atoms with Gasteiger partial charge in [-0.15, -0.1) is 10.2 Å². The van der Waals surface area contributed by atoms with Crippen molar-refractivity contribution in [2.24, 2.45) is 0 Å². The lowest BCUT2D eigenvalue weighted by Gasteiger charge is -2.09. The van der Waals surface area contributed by atoms with Crippen LogP contribution in [0.2, 0.25) is 0 Å². The Balaban J connectivity index is 1.28. The fourth-order valence-corrected chi connectivity index (χ4v) is 3.96. The van der Waals surface area contributed by atoms with E-state index in [4.69, 9.17) is 5.10 Å². The first kappa shape index (κ1) is 19.8. The molecule has 0 aliphatic rings. The molecule has 7 heteroatoms. The number of rotatable bonds is 4. The Morgan fingerprint density at radius 2 is 1.62 bits per heavy atom. The van der Waals surface area contributed by atoms with Gasteiger partial charge in [-0.05, 0) is 53.2 Å². The maximum Gasteiger partial charge on any atom is 0.256 e. The zero-order valence-corrected chi connectivity index (χ0v) is 18.0. The zero-order chi connectivity index (χ0) is 22.9. The summed E-state index contributed by atoms with van der Waals surface area (Å²) >= 11 is 0. The highest BCUT2D eigenvalue weighted by Gasteiger charge is 2.12. The Bertz CT molecular complexity index is 1640. The lowest BCUT2D eigenvalue weighted by atomic mass is 10.0. The average Bonchev–Trinajstić information content (AvgIpc) is 3.32. The van der Waals surface area contributed by atoms with Gasteiger partial charge in [-0.25, -0.2) is 0 Å². The van der Waals surface area contributed by atoms with Crippen molar-refractivity contribution in [2.75, 3.05) is 5.32 Å². The molecule has 3 heterocycles. The van der Waals surface area contributed by atoms with E-state index in [1.165, 1.54) is 0 Å². The molecule has 0 saturated heterocycles. The minimum atomic E-state index is -0.144. The summed E-state index contributed by atoms with van der Waals surface area (Å²) < 4.78 is 1.71. The molecule has 1 N–H and O–H groups in total. The molecule has 1 amide bonds. The topological polar surface area (TPSA) is 85.1 Å². The molecule has 0 unspecified atom stereocenters. The molecule has 6 aromatic rings. The Morgan fingerprint density at radius 3 is 2.47 bits per heavy atom. The number of pyridine rings is 1. The van der Waals surface area contributed by atoms with E-state index in [0.29, 0.717) is 22.7 Å². The highest BCUT2D eigenvalue weighted by atomic mass is 16.1. The van der Waals surface area contributed by atoms with Crippen molar-refractivity contribution in [1.82, 2.24) is 24.8 Å². The number of benzene rings is 3. The smallest absolute Gasteiger partial charge is 0.256 e. The Labute approximate surface area is 194 Å². The molecule has 162 valence electrons. The summed E-state index contributed by atoms with van der Waals surface area (Å²) in [6, 6.07) is 28.8. The molecule has 0 aliphatic carbocycles. The first-order chi connectivity index (χ1) is 16.8. The number of aromatic nitrogens is 5. The summed E-state index contributed by atoms with van der Waals surface area (Å²) in [5.74, 6) is 0.485. The minimum Gasteiger partial charge on any atom is -0.322 e. The van der Waals surface area contributed by atoms with E-state index in [9.17, 15) is 4.79 Å². The quantitative estimate of drug-likeness (QED) is 0.403. The number of carbonyl (C=O) groups is 1. The van der Waals surface area contributed by atoms with Crippen LogP contribution in [0.25, 0.3) is 39.1 Å². The molecule has 0 bridgehead atoms. The van der Waals surface area contributed by atoms with Gasteiger partial charge in [0.25, 0.3) is 5.91 Å². The van der Waals surface area contributed by atoms with Crippen LogP contribution in [0.5, 0.6) is 0 Å². The number of hydrogen-bond acceptors (Lipinski definition) is 5. The largest absolute Gasteiger partial charge is 0.322 e. The van der Waals surface area contributed by atoms with Crippen LogP contribution in [-0.2, 0) is 0 Å². The van der Waals surface area contributed by atoms with Crippen LogP contribution < -0.4 is 5.32 Å². The zero-order valence-electron chi connectivity index (χ0n) is 18.0. The lowest BCUT2D eigenvalue weighted by Crippen LogP contribution is -2.12. The van der Waals surface area contributed by atoms with Crippen LogP contribution in [0, 0.1) is 0 Å². The Kier molecular flexibility index (Phi) is 4.77. The van der Waals surface area contributed by atoms with Gasteiger partial charge in [0.05, 0.1) is 5.69 Å². The van der Waals surface area contributed by atoms with Crippen LogP contribution in [-0.4, -0.2) is 30.7 Å². The van der Waals surface area contributed by atoms with E-state index in [1.54, 1.807) is 16.9 Å².